The van der Waals surface area contributed by atoms with Crippen molar-refractivity contribution in [2.24, 2.45) is 5.92 Å². The molecule has 1 heterocycles. The molecule has 1 rings (SSSR count). The summed E-state index contributed by atoms with van der Waals surface area (Å²) in [5, 5.41) is 3.24. The van der Waals surface area contributed by atoms with Crippen molar-refractivity contribution >= 4 is 5.97 Å². The number of carbonyl (C=O) groups excluding carboxylic acids is 1. The molecule has 2 atom stereocenters. The monoisotopic (exact) mass is 255 g/mol. The summed E-state index contributed by atoms with van der Waals surface area (Å²) < 4.78 is 5.49. The Morgan fingerprint density at radius 1 is 1.28 bits per heavy atom. The zero-order chi connectivity index (χ0) is 13.2. The van der Waals surface area contributed by atoms with Gasteiger partial charge in [-0.15, -0.1) is 0 Å². The van der Waals surface area contributed by atoms with Crippen molar-refractivity contribution in [1.29, 1.82) is 0 Å². The second kappa shape index (κ2) is 9.37. The normalized spacial score (nSPS) is 21.6. The van der Waals surface area contributed by atoms with Crippen LogP contribution in [0.4, 0.5) is 0 Å². The average Bonchev–Trinajstić information content (AvgIpc) is 2.42. The van der Waals surface area contributed by atoms with Crippen molar-refractivity contribution in [2.75, 3.05) is 13.2 Å². The molecule has 1 saturated heterocycles. The fourth-order valence-corrected chi connectivity index (χ4v) is 2.57. The predicted molar refractivity (Wildman–Crippen MR) is 74.5 cm³/mol. The van der Waals surface area contributed by atoms with Gasteiger partial charge in [0.15, 0.2) is 0 Å². The molecule has 1 aliphatic heterocycles. The third-order valence-corrected chi connectivity index (χ3v) is 3.72. The van der Waals surface area contributed by atoms with Gasteiger partial charge in [0.25, 0.3) is 0 Å². The number of unbranched alkanes of at least 4 members (excludes halogenated alkanes) is 1. The number of rotatable bonds is 8. The van der Waals surface area contributed by atoms with Gasteiger partial charge in [-0.25, -0.2) is 0 Å². The van der Waals surface area contributed by atoms with Crippen LogP contribution < -0.4 is 5.32 Å². The van der Waals surface area contributed by atoms with Crippen LogP contribution in [-0.4, -0.2) is 25.2 Å². The molecule has 1 aliphatic rings. The van der Waals surface area contributed by atoms with Crippen LogP contribution in [0.1, 0.15) is 65.2 Å². The lowest BCUT2D eigenvalue weighted by Crippen LogP contribution is -2.41. The van der Waals surface area contributed by atoms with Crippen molar-refractivity contribution in [3.63, 3.8) is 0 Å². The molecule has 1 fully saturated rings. The molecule has 0 aromatic heterocycles. The van der Waals surface area contributed by atoms with Crippen LogP contribution in [0.5, 0.6) is 0 Å². The highest BCUT2D eigenvalue weighted by Gasteiger charge is 2.22. The summed E-state index contributed by atoms with van der Waals surface area (Å²) in [5.74, 6) is 0.523. The number of piperidine rings is 1. The Kier molecular flexibility index (Phi) is 8.06. The summed E-state index contributed by atoms with van der Waals surface area (Å²) in [6.45, 7) is 5.98. The Hall–Kier alpha value is -0.570. The van der Waals surface area contributed by atoms with E-state index >= 15 is 0 Å². The summed E-state index contributed by atoms with van der Waals surface area (Å²) in [7, 11) is 0. The van der Waals surface area contributed by atoms with Gasteiger partial charge < -0.3 is 10.1 Å². The Balaban J connectivity index is 2.24. The first-order valence-corrected chi connectivity index (χ1v) is 7.68. The van der Waals surface area contributed by atoms with Crippen molar-refractivity contribution in [3.05, 3.63) is 0 Å². The van der Waals surface area contributed by atoms with Gasteiger partial charge in [-0.2, -0.15) is 0 Å². The molecule has 18 heavy (non-hydrogen) atoms. The number of hydrogen-bond donors (Lipinski definition) is 1. The lowest BCUT2D eigenvalue weighted by Gasteiger charge is -2.23. The topological polar surface area (TPSA) is 38.3 Å². The van der Waals surface area contributed by atoms with E-state index in [-0.39, 0.29) is 12.0 Å². The maximum atomic E-state index is 11.9. The van der Waals surface area contributed by atoms with Gasteiger partial charge in [0.2, 0.25) is 0 Å². The van der Waals surface area contributed by atoms with Gasteiger partial charge in [-0.1, -0.05) is 39.5 Å². The quantitative estimate of drug-likeness (QED) is 0.676. The standard InChI is InChI=1S/C15H29NO2/c1-3-5-9-13(8-4-2)12-18-15(17)14-10-6-7-11-16-14/h13-14,16H,3-12H2,1-2H3. The minimum Gasteiger partial charge on any atom is -0.464 e. The zero-order valence-electron chi connectivity index (χ0n) is 12.0. The highest BCUT2D eigenvalue weighted by atomic mass is 16.5. The summed E-state index contributed by atoms with van der Waals surface area (Å²) in [6, 6.07) is -0.0489. The predicted octanol–water partition coefficient (Wildman–Crippen LogP) is 3.28. The molecule has 0 aromatic rings. The number of carbonyl (C=O) groups is 1. The fraction of sp³-hybridized carbons (Fsp3) is 0.933. The van der Waals surface area contributed by atoms with Crippen LogP contribution in [0.15, 0.2) is 0 Å². The van der Waals surface area contributed by atoms with E-state index < -0.39 is 0 Å². The Bertz CT molecular complexity index is 225. The maximum Gasteiger partial charge on any atom is 0.323 e. The minimum atomic E-state index is -0.0489. The van der Waals surface area contributed by atoms with Gasteiger partial charge in [0.1, 0.15) is 6.04 Å². The first-order chi connectivity index (χ1) is 8.77. The minimum absolute atomic E-state index is 0.0349. The summed E-state index contributed by atoms with van der Waals surface area (Å²) in [6.07, 6.45) is 9.25. The van der Waals surface area contributed by atoms with Crippen LogP contribution in [0.25, 0.3) is 0 Å². The third-order valence-electron chi connectivity index (χ3n) is 3.72. The van der Waals surface area contributed by atoms with Crippen molar-refractivity contribution in [1.82, 2.24) is 5.32 Å². The molecule has 0 amide bonds. The van der Waals surface area contributed by atoms with E-state index in [1.807, 2.05) is 0 Å². The largest absolute Gasteiger partial charge is 0.464 e. The van der Waals surface area contributed by atoms with Crippen molar-refractivity contribution < 1.29 is 9.53 Å². The highest BCUT2D eigenvalue weighted by molar-refractivity contribution is 5.75. The van der Waals surface area contributed by atoms with Crippen LogP contribution in [0, 0.1) is 5.92 Å². The molecule has 0 aliphatic carbocycles. The van der Waals surface area contributed by atoms with E-state index in [1.54, 1.807) is 0 Å². The third kappa shape index (κ3) is 5.85. The number of ether oxygens (including phenoxy) is 1. The van der Waals surface area contributed by atoms with Crippen molar-refractivity contribution in [2.45, 2.75) is 71.3 Å². The van der Waals surface area contributed by atoms with Gasteiger partial charge in [0.05, 0.1) is 6.61 Å². The smallest absolute Gasteiger partial charge is 0.323 e. The summed E-state index contributed by atoms with van der Waals surface area (Å²) in [4.78, 5) is 11.9. The van der Waals surface area contributed by atoms with E-state index in [0.29, 0.717) is 12.5 Å². The van der Waals surface area contributed by atoms with Crippen LogP contribution >= 0.6 is 0 Å². The molecule has 2 unspecified atom stereocenters. The van der Waals surface area contributed by atoms with E-state index in [2.05, 4.69) is 19.2 Å². The first kappa shape index (κ1) is 15.5. The molecule has 0 aromatic carbocycles. The second-order valence-corrected chi connectivity index (χ2v) is 5.43. The van der Waals surface area contributed by atoms with Gasteiger partial charge in [-0.05, 0) is 38.1 Å². The number of esters is 1. The summed E-state index contributed by atoms with van der Waals surface area (Å²) in [5.41, 5.74) is 0. The fourth-order valence-electron chi connectivity index (χ4n) is 2.57. The lowest BCUT2D eigenvalue weighted by atomic mass is 9.98. The second-order valence-electron chi connectivity index (χ2n) is 5.43. The molecule has 1 N–H and O–H groups in total. The molecular formula is C15H29NO2. The first-order valence-electron chi connectivity index (χ1n) is 7.68. The number of hydrogen-bond acceptors (Lipinski definition) is 3. The number of nitrogens with one attached hydrogen (secondary N) is 1. The molecule has 3 nitrogen and oxygen atoms in total. The van der Waals surface area contributed by atoms with Crippen LogP contribution in [0.2, 0.25) is 0 Å². The molecule has 0 bridgehead atoms. The Morgan fingerprint density at radius 2 is 2.11 bits per heavy atom. The van der Waals surface area contributed by atoms with Gasteiger partial charge in [-0.3, -0.25) is 4.79 Å². The zero-order valence-corrected chi connectivity index (χ0v) is 12.0. The van der Waals surface area contributed by atoms with E-state index in [0.717, 1.165) is 19.4 Å². The molecule has 0 saturated carbocycles. The molecule has 106 valence electrons. The van der Waals surface area contributed by atoms with Crippen molar-refractivity contribution in [3.8, 4) is 0 Å². The van der Waals surface area contributed by atoms with Gasteiger partial charge in [0, 0.05) is 0 Å². The highest BCUT2D eigenvalue weighted by Crippen LogP contribution is 2.16. The molecular weight excluding hydrogens is 226 g/mol. The Labute approximate surface area is 112 Å². The maximum absolute atomic E-state index is 11.9. The summed E-state index contributed by atoms with van der Waals surface area (Å²) >= 11 is 0. The molecule has 0 radical (unpaired) electrons. The van der Waals surface area contributed by atoms with E-state index in [9.17, 15) is 4.79 Å². The van der Waals surface area contributed by atoms with E-state index in [1.165, 1.54) is 38.5 Å². The van der Waals surface area contributed by atoms with Gasteiger partial charge >= 0.3 is 5.97 Å². The average molecular weight is 255 g/mol. The Morgan fingerprint density at radius 3 is 2.72 bits per heavy atom. The molecule has 3 heteroatoms. The lowest BCUT2D eigenvalue weighted by molar-refractivity contribution is -0.148. The van der Waals surface area contributed by atoms with Crippen LogP contribution in [-0.2, 0) is 9.53 Å². The SMILES string of the molecule is CCCCC(CCC)COC(=O)C1CCCCN1. The van der Waals surface area contributed by atoms with Crippen LogP contribution in [0.3, 0.4) is 0 Å². The molecule has 0 spiro atoms. The van der Waals surface area contributed by atoms with E-state index in [4.69, 9.17) is 4.74 Å².